The average molecular weight is 343 g/mol. The maximum atomic E-state index is 11.8. The van der Waals surface area contributed by atoms with Gasteiger partial charge < -0.3 is 10.6 Å². The van der Waals surface area contributed by atoms with Crippen molar-refractivity contribution in [2.75, 3.05) is 12.3 Å². The quantitative estimate of drug-likeness (QED) is 0.665. The zero-order valence-electron chi connectivity index (χ0n) is 15.4. The molecule has 134 valence electrons. The van der Waals surface area contributed by atoms with Gasteiger partial charge in [0.1, 0.15) is 0 Å². The molecule has 1 aliphatic rings. The van der Waals surface area contributed by atoms with Gasteiger partial charge in [0, 0.05) is 31.2 Å². The van der Waals surface area contributed by atoms with Gasteiger partial charge in [0.25, 0.3) is 0 Å². The first-order chi connectivity index (χ1) is 10.7. The van der Waals surface area contributed by atoms with Crippen LogP contribution in [0, 0.1) is 11.3 Å². The van der Waals surface area contributed by atoms with E-state index >= 15 is 0 Å². The Hall–Kier alpha value is -0.710. The van der Waals surface area contributed by atoms with Crippen LogP contribution in [0.15, 0.2) is 0 Å². The maximum Gasteiger partial charge on any atom is 0.219 e. The highest BCUT2D eigenvalue weighted by atomic mass is 32.2. The van der Waals surface area contributed by atoms with Crippen molar-refractivity contribution in [3.8, 4) is 0 Å². The van der Waals surface area contributed by atoms with Crippen molar-refractivity contribution in [2.45, 2.75) is 78.0 Å². The molecule has 0 aromatic carbocycles. The minimum absolute atomic E-state index is 0.0626. The molecular weight excluding hydrogens is 308 g/mol. The van der Waals surface area contributed by atoms with Crippen molar-refractivity contribution in [3.05, 3.63) is 0 Å². The number of carbonyl (C=O) groups is 2. The van der Waals surface area contributed by atoms with Crippen LogP contribution < -0.4 is 10.6 Å². The largest absolute Gasteiger partial charge is 0.356 e. The first-order valence-electron chi connectivity index (χ1n) is 8.84. The molecule has 0 bridgehead atoms. The molecule has 23 heavy (non-hydrogen) atoms. The maximum absolute atomic E-state index is 11.8. The number of hydrogen-bond acceptors (Lipinski definition) is 3. The second kappa shape index (κ2) is 9.55. The zero-order chi connectivity index (χ0) is 17.5. The van der Waals surface area contributed by atoms with Crippen molar-refractivity contribution in [1.29, 1.82) is 0 Å². The second-order valence-corrected chi connectivity index (χ2v) is 9.25. The number of hydrogen-bond donors (Lipinski definition) is 2. The van der Waals surface area contributed by atoms with Crippen LogP contribution in [0.5, 0.6) is 0 Å². The molecule has 1 saturated heterocycles. The Balaban J connectivity index is 2.16. The minimum Gasteiger partial charge on any atom is -0.356 e. The summed E-state index contributed by atoms with van der Waals surface area (Å²) in [5.41, 5.74) is 0.266. The van der Waals surface area contributed by atoms with Crippen molar-refractivity contribution < 1.29 is 9.59 Å². The number of amides is 2. The van der Waals surface area contributed by atoms with Gasteiger partial charge in [0.05, 0.1) is 0 Å². The molecule has 0 aromatic heterocycles. The fourth-order valence-electron chi connectivity index (χ4n) is 2.88. The molecule has 0 radical (unpaired) electrons. The topological polar surface area (TPSA) is 58.2 Å². The fraction of sp³-hybridized carbons (Fsp3) is 0.889. The molecule has 4 nitrogen and oxygen atoms in total. The van der Waals surface area contributed by atoms with Gasteiger partial charge in [0.15, 0.2) is 0 Å². The van der Waals surface area contributed by atoms with Crippen LogP contribution in [0.4, 0.5) is 0 Å². The molecule has 0 saturated carbocycles. The number of rotatable bonds is 8. The van der Waals surface area contributed by atoms with E-state index in [-0.39, 0.29) is 23.3 Å². The molecule has 1 heterocycles. The van der Waals surface area contributed by atoms with E-state index in [9.17, 15) is 9.59 Å². The molecule has 0 spiro atoms. The molecule has 0 aliphatic carbocycles. The SMILES string of the molecule is CC(=O)N[C@@H]1[C@H](CCCCC(=O)NCCC(C)(C)C)SC[C@@H]1C. The fourth-order valence-corrected chi connectivity index (χ4v) is 4.51. The van der Waals surface area contributed by atoms with Gasteiger partial charge in [-0.1, -0.05) is 34.1 Å². The first kappa shape index (κ1) is 20.3. The highest BCUT2D eigenvalue weighted by Crippen LogP contribution is 2.34. The summed E-state index contributed by atoms with van der Waals surface area (Å²) in [6.07, 6.45) is 4.68. The van der Waals surface area contributed by atoms with Crippen molar-refractivity contribution >= 4 is 23.6 Å². The Bertz CT molecular complexity index is 393. The summed E-state index contributed by atoms with van der Waals surface area (Å²) in [6.45, 7) is 11.1. The lowest BCUT2D eigenvalue weighted by molar-refractivity contribution is -0.121. The summed E-state index contributed by atoms with van der Waals surface area (Å²) in [5.74, 6) is 1.88. The zero-order valence-corrected chi connectivity index (χ0v) is 16.2. The van der Waals surface area contributed by atoms with E-state index in [1.165, 1.54) is 0 Å². The highest BCUT2D eigenvalue weighted by molar-refractivity contribution is 8.00. The Morgan fingerprint density at radius 1 is 1.22 bits per heavy atom. The van der Waals surface area contributed by atoms with E-state index in [1.807, 2.05) is 11.8 Å². The lowest BCUT2D eigenvalue weighted by atomic mass is 9.92. The predicted octanol–water partition coefficient (Wildman–Crippen LogP) is 3.36. The molecule has 2 amide bonds. The van der Waals surface area contributed by atoms with Crippen LogP contribution in [-0.4, -0.2) is 35.4 Å². The molecule has 1 rings (SSSR count). The summed E-state index contributed by atoms with van der Waals surface area (Å²) >= 11 is 1.96. The third-order valence-corrected chi connectivity index (χ3v) is 5.97. The predicted molar refractivity (Wildman–Crippen MR) is 98.6 cm³/mol. The van der Waals surface area contributed by atoms with E-state index in [2.05, 4.69) is 38.3 Å². The van der Waals surface area contributed by atoms with Gasteiger partial charge in [0.2, 0.25) is 11.8 Å². The van der Waals surface area contributed by atoms with Gasteiger partial charge >= 0.3 is 0 Å². The second-order valence-electron chi connectivity index (χ2n) is 7.98. The van der Waals surface area contributed by atoms with Gasteiger partial charge in [-0.3, -0.25) is 9.59 Å². The van der Waals surface area contributed by atoms with Crippen molar-refractivity contribution in [2.24, 2.45) is 11.3 Å². The molecule has 0 unspecified atom stereocenters. The van der Waals surface area contributed by atoms with Crippen molar-refractivity contribution in [1.82, 2.24) is 10.6 Å². The van der Waals surface area contributed by atoms with E-state index < -0.39 is 0 Å². The standard InChI is InChI=1S/C18H34N2O2S/c1-13-12-23-15(17(13)20-14(2)21)8-6-7-9-16(22)19-11-10-18(3,4)5/h13,15,17H,6-12H2,1-5H3,(H,19,22)(H,20,21)/t13-,15-,17-/m0/s1. The Kier molecular flexibility index (Phi) is 8.45. The molecule has 5 heteroatoms. The molecule has 3 atom stereocenters. The molecule has 0 aromatic rings. The molecule has 1 aliphatic heterocycles. The van der Waals surface area contributed by atoms with Crippen LogP contribution in [0.2, 0.25) is 0 Å². The van der Waals surface area contributed by atoms with E-state index in [1.54, 1.807) is 6.92 Å². The van der Waals surface area contributed by atoms with Gasteiger partial charge in [-0.25, -0.2) is 0 Å². The number of thioether (sulfide) groups is 1. The first-order valence-corrected chi connectivity index (χ1v) is 9.89. The summed E-state index contributed by atoms with van der Waals surface area (Å²) in [4.78, 5) is 23.1. The van der Waals surface area contributed by atoms with Gasteiger partial charge in [-0.2, -0.15) is 11.8 Å². The minimum atomic E-state index is 0.0626. The van der Waals surface area contributed by atoms with Crippen LogP contribution in [0.25, 0.3) is 0 Å². The lowest BCUT2D eigenvalue weighted by Gasteiger charge is -2.22. The Morgan fingerprint density at radius 3 is 2.52 bits per heavy atom. The van der Waals surface area contributed by atoms with Gasteiger partial charge in [-0.15, -0.1) is 0 Å². The smallest absolute Gasteiger partial charge is 0.219 e. The molecule has 1 fully saturated rings. The van der Waals surface area contributed by atoms with E-state index in [0.29, 0.717) is 17.6 Å². The third kappa shape index (κ3) is 8.63. The summed E-state index contributed by atoms with van der Waals surface area (Å²) < 4.78 is 0. The van der Waals surface area contributed by atoms with Crippen LogP contribution in [0.3, 0.4) is 0 Å². The van der Waals surface area contributed by atoms with E-state index in [0.717, 1.165) is 38.0 Å². The number of unbranched alkanes of at least 4 members (excludes halogenated alkanes) is 1. The molecular formula is C18H34N2O2S. The van der Waals surface area contributed by atoms with Crippen LogP contribution >= 0.6 is 11.8 Å². The Morgan fingerprint density at radius 2 is 1.91 bits per heavy atom. The van der Waals surface area contributed by atoms with Crippen LogP contribution in [-0.2, 0) is 9.59 Å². The normalized spacial score (nSPS) is 24.5. The third-order valence-electron chi connectivity index (χ3n) is 4.30. The van der Waals surface area contributed by atoms with Crippen LogP contribution in [0.1, 0.15) is 66.7 Å². The number of nitrogens with one attached hydrogen (secondary N) is 2. The molecule has 2 N–H and O–H groups in total. The summed E-state index contributed by atoms with van der Waals surface area (Å²) in [5, 5.41) is 6.60. The number of carbonyl (C=O) groups excluding carboxylic acids is 2. The monoisotopic (exact) mass is 342 g/mol. The van der Waals surface area contributed by atoms with Gasteiger partial charge in [-0.05, 0) is 36.3 Å². The van der Waals surface area contributed by atoms with Crippen molar-refractivity contribution in [3.63, 3.8) is 0 Å². The Labute approximate surface area is 145 Å². The summed E-state index contributed by atoms with van der Waals surface area (Å²) in [7, 11) is 0. The average Bonchev–Trinajstić information content (AvgIpc) is 2.74. The highest BCUT2D eigenvalue weighted by Gasteiger charge is 2.33. The lowest BCUT2D eigenvalue weighted by Crippen LogP contribution is -2.41. The van der Waals surface area contributed by atoms with E-state index in [4.69, 9.17) is 0 Å². The summed E-state index contributed by atoms with van der Waals surface area (Å²) in [6, 6.07) is 0.290.